The van der Waals surface area contributed by atoms with Gasteiger partial charge in [0, 0.05) is 19.3 Å². The molecule has 0 saturated heterocycles. The third-order valence-corrected chi connectivity index (χ3v) is 16.3. The molecule has 6 nitrogen and oxygen atoms in total. The topological polar surface area (TPSA) is 78.9 Å². The van der Waals surface area contributed by atoms with Crippen molar-refractivity contribution >= 4 is 17.9 Å². The van der Waals surface area contributed by atoms with Crippen molar-refractivity contribution < 1.29 is 28.6 Å². The summed E-state index contributed by atoms with van der Waals surface area (Å²) < 4.78 is 17.0. The SMILES string of the molecule is CC/C=C\C/C=C\C/C=C\CCCCCC(=O)OCC(COC(=O)CCCCCCCCCCCCCCCCCCCCCCC/C=C\C/C=C\CCCCCCC)OC(=O)CCCCCCCCCCCCCCCCCCCC. The summed E-state index contributed by atoms with van der Waals surface area (Å²) in [6.07, 6.45) is 91.3. The van der Waals surface area contributed by atoms with Crippen LogP contribution in [-0.4, -0.2) is 37.2 Å². The van der Waals surface area contributed by atoms with E-state index in [-0.39, 0.29) is 31.1 Å². The lowest BCUT2D eigenvalue weighted by Crippen LogP contribution is -2.30. The number of esters is 3. The van der Waals surface area contributed by atoms with Crippen LogP contribution in [0.4, 0.5) is 0 Å². The molecule has 0 aliphatic rings. The fraction of sp³-hybridized carbons (Fsp3) is 0.829. The van der Waals surface area contributed by atoms with Crippen molar-refractivity contribution in [1.29, 1.82) is 0 Å². The highest BCUT2D eigenvalue weighted by atomic mass is 16.6. The van der Waals surface area contributed by atoms with Crippen LogP contribution >= 0.6 is 0 Å². The van der Waals surface area contributed by atoms with Crippen molar-refractivity contribution in [2.75, 3.05) is 13.2 Å². The van der Waals surface area contributed by atoms with Crippen LogP contribution < -0.4 is 0 Å². The van der Waals surface area contributed by atoms with Crippen LogP contribution in [0.15, 0.2) is 60.8 Å². The van der Waals surface area contributed by atoms with E-state index in [0.29, 0.717) is 19.3 Å². The van der Waals surface area contributed by atoms with Gasteiger partial charge in [-0.15, -0.1) is 0 Å². The molecule has 82 heavy (non-hydrogen) atoms. The average Bonchev–Trinajstić information content (AvgIpc) is 3.47. The summed E-state index contributed by atoms with van der Waals surface area (Å²) in [5.74, 6) is -0.884. The molecule has 0 radical (unpaired) electrons. The van der Waals surface area contributed by atoms with Gasteiger partial charge in [-0.1, -0.05) is 345 Å². The molecule has 0 N–H and O–H groups in total. The third kappa shape index (κ3) is 67.9. The molecule has 0 aromatic heterocycles. The summed E-state index contributed by atoms with van der Waals surface area (Å²) in [6, 6.07) is 0. The monoisotopic (exact) mass is 1150 g/mol. The first kappa shape index (κ1) is 79.1. The number of ether oxygens (including phenoxy) is 3. The van der Waals surface area contributed by atoms with E-state index in [1.807, 2.05) is 0 Å². The van der Waals surface area contributed by atoms with Gasteiger partial charge in [0.05, 0.1) is 0 Å². The smallest absolute Gasteiger partial charge is 0.306 e. The summed E-state index contributed by atoms with van der Waals surface area (Å²) in [5.41, 5.74) is 0. The number of hydrogen-bond donors (Lipinski definition) is 0. The predicted molar refractivity (Wildman–Crippen MR) is 358 cm³/mol. The Labute approximate surface area is 510 Å². The minimum atomic E-state index is -0.784. The zero-order chi connectivity index (χ0) is 59.2. The van der Waals surface area contributed by atoms with E-state index >= 15 is 0 Å². The van der Waals surface area contributed by atoms with Gasteiger partial charge in [-0.25, -0.2) is 0 Å². The Morgan fingerprint density at radius 1 is 0.256 bits per heavy atom. The highest BCUT2D eigenvalue weighted by molar-refractivity contribution is 5.71. The fourth-order valence-corrected chi connectivity index (χ4v) is 10.8. The Morgan fingerprint density at radius 2 is 0.476 bits per heavy atom. The molecule has 0 rings (SSSR count). The molecule has 0 aliphatic carbocycles. The number of unbranched alkanes of at least 4 members (excludes halogenated alkanes) is 46. The van der Waals surface area contributed by atoms with Crippen LogP contribution in [0.5, 0.6) is 0 Å². The summed E-state index contributed by atoms with van der Waals surface area (Å²) >= 11 is 0. The van der Waals surface area contributed by atoms with E-state index in [4.69, 9.17) is 14.2 Å². The van der Waals surface area contributed by atoms with Crippen molar-refractivity contribution in [3.8, 4) is 0 Å². The zero-order valence-corrected chi connectivity index (χ0v) is 55.0. The van der Waals surface area contributed by atoms with Crippen LogP contribution in [0.2, 0.25) is 0 Å². The Balaban J connectivity index is 4.13. The second-order valence-electron chi connectivity index (χ2n) is 24.5. The van der Waals surface area contributed by atoms with E-state index in [0.717, 1.165) is 89.9 Å². The maximum atomic E-state index is 12.9. The van der Waals surface area contributed by atoms with E-state index < -0.39 is 6.10 Å². The number of carbonyl (C=O) groups excluding carboxylic acids is 3. The lowest BCUT2D eigenvalue weighted by atomic mass is 10.0. The van der Waals surface area contributed by atoms with Gasteiger partial charge < -0.3 is 14.2 Å². The molecule has 0 saturated carbocycles. The molecule has 478 valence electrons. The minimum Gasteiger partial charge on any atom is -0.462 e. The first-order valence-electron chi connectivity index (χ1n) is 36.3. The fourth-order valence-electron chi connectivity index (χ4n) is 10.8. The quantitative estimate of drug-likeness (QED) is 0.0261. The molecule has 0 heterocycles. The molecule has 0 fully saturated rings. The zero-order valence-electron chi connectivity index (χ0n) is 55.0. The molecule has 0 spiro atoms. The molecular weight excluding hydrogens is 1010 g/mol. The van der Waals surface area contributed by atoms with Crippen molar-refractivity contribution in [1.82, 2.24) is 0 Å². The van der Waals surface area contributed by atoms with Gasteiger partial charge in [0.15, 0.2) is 6.10 Å². The third-order valence-electron chi connectivity index (χ3n) is 16.3. The van der Waals surface area contributed by atoms with E-state index in [9.17, 15) is 14.4 Å². The highest BCUT2D eigenvalue weighted by Crippen LogP contribution is 2.19. The van der Waals surface area contributed by atoms with E-state index in [1.165, 1.54) is 257 Å². The molecule has 0 aromatic rings. The average molecular weight is 1150 g/mol. The summed E-state index contributed by atoms with van der Waals surface area (Å²) in [4.78, 5) is 38.4. The molecule has 1 unspecified atom stereocenters. The number of allylic oxidation sites excluding steroid dienone is 10. The summed E-state index contributed by atoms with van der Waals surface area (Å²) in [6.45, 7) is 6.55. The minimum absolute atomic E-state index is 0.0782. The van der Waals surface area contributed by atoms with Crippen LogP contribution in [0.3, 0.4) is 0 Å². The maximum absolute atomic E-state index is 12.9. The maximum Gasteiger partial charge on any atom is 0.306 e. The second-order valence-corrected chi connectivity index (χ2v) is 24.5. The van der Waals surface area contributed by atoms with Crippen LogP contribution in [0.25, 0.3) is 0 Å². The number of hydrogen-bond acceptors (Lipinski definition) is 6. The first-order chi connectivity index (χ1) is 40.5. The normalized spacial score (nSPS) is 12.4. The lowest BCUT2D eigenvalue weighted by Gasteiger charge is -2.18. The molecule has 0 aromatic carbocycles. The standard InChI is InChI=1S/C76H138O6/c1-4-7-10-13-16-19-22-25-27-29-31-32-33-34-35-36-37-38-39-40-41-42-43-44-45-47-48-51-54-57-60-63-66-69-75(78)81-72-73(71-80-74(77)68-65-62-59-56-53-50-24-21-18-15-12-9-6-3)82-76(79)70-67-64-61-58-55-52-49-46-30-28-26-23-20-17-14-11-8-5-2/h9,12,18,21-22,25,29,31,50,53,73H,4-8,10-11,13-17,19-20,23-24,26-28,30,32-49,51-52,54-72H2,1-3H3/b12-9-,21-18-,25-22-,31-29-,53-50-. The lowest BCUT2D eigenvalue weighted by molar-refractivity contribution is -0.167. The van der Waals surface area contributed by atoms with Crippen molar-refractivity contribution in [2.24, 2.45) is 0 Å². The Morgan fingerprint density at radius 3 is 0.756 bits per heavy atom. The Hall–Kier alpha value is -2.89. The largest absolute Gasteiger partial charge is 0.462 e. The van der Waals surface area contributed by atoms with E-state index in [1.54, 1.807) is 0 Å². The first-order valence-corrected chi connectivity index (χ1v) is 36.3. The molecular formula is C76H138O6. The predicted octanol–water partition coefficient (Wildman–Crippen LogP) is 25.1. The van der Waals surface area contributed by atoms with Gasteiger partial charge in [-0.05, 0) is 83.5 Å². The van der Waals surface area contributed by atoms with E-state index in [2.05, 4.69) is 81.5 Å². The summed E-state index contributed by atoms with van der Waals surface area (Å²) in [7, 11) is 0. The van der Waals surface area contributed by atoms with Crippen molar-refractivity contribution in [3.63, 3.8) is 0 Å². The van der Waals surface area contributed by atoms with Gasteiger partial charge in [0.1, 0.15) is 13.2 Å². The Kier molecular flexibility index (Phi) is 68.1. The number of carbonyl (C=O) groups is 3. The van der Waals surface area contributed by atoms with Crippen LogP contribution in [0, 0.1) is 0 Å². The van der Waals surface area contributed by atoms with Crippen LogP contribution in [0.1, 0.15) is 387 Å². The molecule has 0 bridgehead atoms. The second kappa shape index (κ2) is 70.6. The van der Waals surface area contributed by atoms with Gasteiger partial charge in [-0.3, -0.25) is 14.4 Å². The molecule has 0 amide bonds. The van der Waals surface area contributed by atoms with Gasteiger partial charge in [0.2, 0.25) is 0 Å². The Bertz CT molecular complexity index is 1460. The van der Waals surface area contributed by atoms with Gasteiger partial charge >= 0.3 is 17.9 Å². The van der Waals surface area contributed by atoms with Crippen molar-refractivity contribution in [3.05, 3.63) is 60.8 Å². The number of rotatable bonds is 67. The van der Waals surface area contributed by atoms with Crippen LogP contribution in [-0.2, 0) is 28.6 Å². The summed E-state index contributed by atoms with van der Waals surface area (Å²) in [5, 5.41) is 0. The molecule has 6 heteroatoms. The van der Waals surface area contributed by atoms with Crippen molar-refractivity contribution in [2.45, 2.75) is 393 Å². The van der Waals surface area contributed by atoms with Gasteiger partial charge in [-0.2, -0.15) is 0 Å². The molecule has 1 atom stereocenters. The molecule has 0 aliphatic heterocycles. The van der Waals surface area contributed by atoms with Gasteiger partial charge in [0.25, 0.3) is 0 Å². The highest BCUT2D eigenvalue weighted by Gasteiger charge is 2.19.